The first-order chi connectivity index (χ1) is 20.2. The molecule has 12 atom stereocenters. The molecule has 6 rings (SSSR count). The lowest BCUT2D eigenvalue weighted by atomic mass is 9.43. The first-order valence-electron chi connectivity index (χ1n) is 17.4. The fourth-order valence-corrected chi connectivity index (χ4v) is 10.9. The van der Waals surface area contributed by atoms with E-state index in [0.29, 0.717) is 60.6 Å². The molecule has 0 spiro atoms. The first-order valence-corrected chi connectivity index (χ1v) is 17.4. The van der Waals surface area contributed by atoms with Crippen molar-refractivity contribution in [3.63, 3.8) is 0 Å². The third-order valence-corrected chi connectivity index (χ3v) is 13.3. The standard InChI is InChI=1S/C35H56O7/c1-22(11-14-30(37)38-4)25-12-13-26-33-27(21-29(35(25,26)3)42-32-10-6-8-18-40-32)34(2)16-15-24(36)19-23(34)20-28(33)41-31-9-5-7-17-39-31/h22-23,25-29,31-33H,5-21H2,1-4H3/t22?,23-,25+,26-,27-,28+,29-,31?,32?,33-,34-,35+/m0/s1. The summed E-state index contributed by atoms with van der Waals surface area (Å²) in [6.45, 7) is 8.92. The summed E-state index contributed by atoms with van der Waals surface area (Å²) < 4.78 is 31.5. The Balaban J connectivity index is 1.34. The van der Waals surface area contributed by atoms with Crippen molar-refractivity contribution >= 4 is 11.8 Å². The highest BCUT2D eigenvalue weighted by Gasteiger charge is 2.67. The fraction of sp³-hybridized carbons (Fsp3) is 0.943. The summed E-state index contributed by atoms with van der Waals surface area (Å²) in [6.07, 6.45) is 14.4. The van der Waals surface area contributed by atoms with Crippen LogP contribution in [0.3, 0.4) is 0 Å². The summed E-state index contributed by atoms with van der Waals surface area (Å²) in [4.78, 5) is 24.9. The van der Waals surface area contributed by atoms with E-state index in [-0.39, 0.29) is 41.6 Å². The maximum atomic E-state index is 12.8. The number of ketones is 1. The normalized spacial score (nSPS) is 46.3. The van der Waals surface area contributed by atoms with Crippen LogP contribution >= 0.6 is 0 Å². The molecule has 2 heterocycles. The molecule has 0 bridgehead atoms. The molecule has 4 aliphatic carbocycles. The van der Waals surface area contributed by atoms with Gasteiger partial charge in [0.2, 0.25) is 0 Å². The molecule has 42 heavy (non-hydrogen) atoms. The molecule has 4 saturated carbocycles. The molecule has 7 heteroatoms. The minimum Gasteiger partial charge on any atom is -0.469 e. The van der Waals surface area contributed by atoms with Crippen LogP contribution < -0.4 is 0 Å². The topological polar surface area (TPSA) is 80.3 Å². The molecule has 0 aromatic heterocycles. The van der Waals surface area contributed by atoms with Crippen LogP contribution in [0.1, 0.15) is 117 Å². The third-order valence-electron chi connectivity index (χ3n) is 13.3. The monoisotopic (exact) mass is 588 g/mol. The van der Waals surface area contributed by atoms with Crippen molar-refractivity contribution in [3.8, 4) is 0 Å². The lowest BCUT2D eigenvalue weighted by Crippen LogP contribution is -2.63. The number of carbonyl (C=O) groups is 2. The largest absolute Gasteiger partial charge is 0.469 e. The van der Waals surface area contributed by atoms with Gasteiger partial charge in [-0.2, -0.15) is 0 Å². The van der Waals surface area contributed by atoms with E-state index in [9.17, 15) is 9.59 Å². The molecule has 3 unspecified atom stereocenters. The van der Waals surface area contributed by atoms with E-state index in [1.54, 1.807) is 0 Å². The van der Waals surface area contributed by atoms with Crippen LogP contribution in [0.5, 0.6) is 0 Å². The maximum Gasteiger partial charge on any atom is 0.305 e. The van der Waals surface area contributed by atoms with Gasteiger partial charge in [0.15, 0.2) is 12.6 Å². The summed E-state index contributed by atoms with van der Waals surface area (Å²) in [5.74, 6) is 2.88. The lowest BCUT2D eigenvalue weighted by molar-refractivity contribution is -0.283. The van der Waals surface area contributed by atoms with Crippen molar-refractivity contribution in [2.75, 3.05) is 20.3 Å². The Bertz CT molecular complexity index is 957. The van der Waals surface area contributed by atoms with E-state index in [1.807, 2.05) is 0 Å². The summed E-state index contributed by atoms with van der Waals surface area (Å²) >= 11 is 0. The maximum absolute atomic E-state index is 12.8. The number of rotatable bonds is 8. The first kappa shape index (κ1) is 31.0. The quantitative estimate of drug-likeness (QED) is 0.227. The van der Waals surface area contributed by atoms with Gasteiger partial charge in [-0.3, -0.25) is 9.59 Å². The molecular weight excluding hydrogens is 532 g/mol. The van der Waals surface area contributed by atoms with Gasteiger partial charge in [-0.25, -0.2) is 0 Å². The number of carbonyl (C=O) groups excluding carboxylic acids is 2. The Morgan fingerprint density at radius 2 is 1.67 bits per heavy atom. The number of methoxy groups -OCH3 is 1. The molecule has 6 aliphatic rings. The number of hydrogen-bond acceptors (Lipinski definition) is 7. The number of hydrogen-bond donors (Lipinski definition) is 0. The van der Waals surface area contributed by atoms with E-state index in [4.69, 9.17) is 23.7 Å². The lowest BCUT2D eigenvalue weighted by Gasteiger charge is -2.64. The molecule has 0 amide bonds. The second-order valence-electron chi connectivity index (χ2n) is 15.2. The van der Waals surface area contributed by atoms with Crippen molar-refractivity contribution in [2.45, 2.75) is 142 Å². The van der Waals surface area contributed by atoms with E-state index < -0.39 is 0 Å². The van der Waals surface area contributed by atoms with Crippen LogP contribution in [0.2, 0.25) is 0 Å². The van der Waals surface area contributed by atoms with Gasteiger partial charge in [-0.15, -0.1) is 0 Å². The van der Waals surface area contributed by atoms with Gasteiger partial charge >= 0.3 is 5.97 Å². The van der Waals surface area contributed by atoms with E-state index in [2.05, 4.69) is 20.8 Å². The van der Waals surface area contributed by atoms with Crippen molar-refractivity contribution < 1.29 is 33.3 Å². The Kier molecular flexibility index (Phi) is 9.42. The van der Waals surface area contributed by atoms with E-state index >= 15 is 0 Å². The molecule has 0 N–H and O–H groups in total. The molecule has 6 fully saturated rings. The molecule has 0 aromatic carbocycles. The summed E-state index contributed by atoms with van der Waals surface area (Å²) in [5, 5.41) is 0. The molecule has 2 aliphatic heterocycles. The summed E-state index contributed by atoms with van der Waals surface area (Å²) in [6, 6.07) is 0. The average molecular weight is 589 g/mol. The SMILES string of the molecule is COC(=O)CCC(C)[C@H]1CC[C@H]2[C@@H]3[C@H](OC4CCCCO4)C[C@@H]4CC(=O)CC[C@]4(C)[C@H]3C[C@H](OC3CCCCO3)[C@]12C. The third kappa shape index (κ3) is 5.74. The van der Waals surface area contributed by atoms with E-state index in [0.717, 1.165) is 83.8 Å². The highest BCUT2D eigenvalue weighted by Crippen LogP contribution is 2.69. The van der Waals surface area contributed by atoms with Crippen LogP contribution in [0.25, 0.3) is 0 Å². The van der Waals surface area contributed by atoms with Gasteiger partial charge in [0, 0.05) is 37.9 Å². The van der Waals surface area contributed by atoms with Gasteiger partial charge in [0.1, 0.15) is 5.78 Å². The molecule has 238 valence electrons. The fourth-order valence-electron chi connectivity index (χ4n) is 10.9. The average Bonchev–Trinajstić information content (AvgIpc) is 3.36. The smallest absolute Gasteiger partial charge is 0.305 e. The highest BCUT2D eigenvalue weighted by molar-refractivity contribution is 5.79. The molecule has 0 radical (unpaired) electrons. The van der Waals surface area contributed by atoms with Gasteiger partial charge in [0.05, 0.1) is 19.3 Å². The minimum atomic E-state index is -0.132. The second kappa shape index (κ2) is 12.8. The van der Waals surface area contributed by atoms with Crippen LogP contribution in [0.15, 0.2) is 0 Å². The van der Waals surface area contributed by atoms with Gasteiger partial charge < -0.3 is 23.7 Å². The number of esters is 1. The predicted molar refractivity (Wildman–Crippen MR) is 158 cm³/mol. The van der Waals surface area contributed by atoms with Gasteiger partial charge in [-0.05, 0) is 118 Å². The molecule has 0 aromatic rings. The summed E-state index contributed by atoms with van der Waals surface area (Å²) in [5.41, 5.74) is 0.0943. The molecular formula is C35H56O7. The predicted octanol–water partition coefficient (Wildman–Crippen LogP) is 6.85. The van der Waals surface area contributed by atoms with Crippen molar-refractivity contribution in [1.82, 2.24) is 0 Å². The zero-order valence-corrected chi connectivity index (χ0v) is 26.7. The zero-order valence-electron chi connectivity index (χ0n) is 26.7. The summed E-state index contributed by atoms with van der Waals surface area (Å²) in [7, 11) is 1.49. The van der Waals surface area contributed by atoms with Crippen molar-refractivity contribution in [1.29, 1.82) is 0 Å². The van der Waals surface area contributed by atoms with Gasteiger partial charge in [-0.1, -0.05) is 20.8 Å². The second-order valence-corrected chi connectivity index (χ2v) is 15.2. The molecule has 7 nitrogen and oxygen atoms in total. The van der Waals surface area contributed by atoms with Crippen molar-refractivity contribution in [3.05, 3.63) is 0 Å². The Labute approximate surface area is 253 Å². The van der Waals surface area contributed by atoms with E-state index in [1.165, 1.54) is 13.5 Å². The highest BCUT2D eigenvalue weighted by atomic mass is 16.7. The van der Waals surface area contributed by atoms with Crippen molar-refractivity contribution in [2.24, 2.45) is 46.3 Å². The van der Waals surface area contributed by atoms with Crippen LogP contribution in [-0.2, 0) is 33.3 Å². The number of fused-ring (bicyclic) bond motifs is 5. The Morgan fingerprint density at radius 3 is 2.33 bits per heavy atom. The van der Waals surface area contributed by atoms with Gasteiger partial charge in [0.25, 0.3) is 0 Å². The minimum absolute atomic E-state index is 0.0276. The van der Waals surface area contributed by atoms with Crippen LogP contribution in [0.4, 0.5) is 0 Å². The molecule has 2 saturated heterocycles. The van der Waals surface area contributed by atoms with Crippen LogP contribution in [0, 0.1) is 46.3 Å². The number of ether oxygens (including phenoxy) is 5. The Morgan fingerprint density at radius 1 is 0.952 bits per heavy atom. The number of Topliss-reactive ketones (excluding diaryl/α,β-unsaturated/α-hetero) is 1. The Hall–Kier alpha value is -1.02. The van der Waals surface area contributed by atoms with Crippen LogP contribution in [-0.4, -0.2) is 56.9 Å². The zero-order chi connectivity index (χ0) is 29.5.